The second kappa shape index (κ2) is 7.60. The summed E-state index contributed by atoms with van der Waals surface area (Å²) in [5.74, 6) is 0.322. The number of aromatic nitrogens is 2. The minimum atomic E-state index is -0.350. The van der Waals surface area contributed by atoms with Gasteiger partial charge < -0.3 is 4.90 Å². The van der Waals surface area contributed by atoms with Crippen molar-refractivity contribution in [3.63, 3.8) is 0 Å². The topological polar surface area (TPSA) is 38.1 Å². The van der Waals surface area contributed by atoms with Gasteiger partial charge in [0, 0.05) is 19.3 Å². The van der Waals surface area contributed by atoms with Crippen LogP contribution in [0, 0.1) is 11.7 Å². The highest BCUT2D eigenvalue weighted by molar-refractivity contribution is 5.92. The zero-order chi connectivity index (χ0) is 16.9. The Morgan fingerprint density at radius 3 is 2.88 bits per heavy atom. The Hall–Kier alpha value is -2.17. The van der Waals surface area contributed by atoms with E-state index in [0.29, 0.717) is 11.4 Å². The van der Waals surface area contributed by atoms with E-state index in [4.69, 9.17) is 0 Å². The Morgan fingerprint density at radius 2 is 2.08 bits per heavy atom. The molecule has 4 nitrogen and oxygen atoms in total. The van der Waals surface area contributed by atoms with Gasteiger partial charge in [-0.1, -0.05) is 31.9 Å². The van der Waals surface area contributed by atoms with Crippen molar-refractivity contribution in [2.45, 2.75) is 39.0 Å². The largest absolute Gasteiger partial charge is 0.337 e. The smallest absolute Gasteiger partial charge is 0.274 e. The molecule has 0 saturated carbocycles. The van der Waals surface area contributed by atoms with E-state index in [1.165, 1.54) is 30.0 Å². The molecule has 1 saturated heterocycles. The second-order valence-corrected chi connectivity index (χ2v) is 6.47. The van der Waals surface area contributed by atoms with E-state index in [1.807, 2.05) is 4.90 Å². The van der Waals surface area contributed by atoms with Gasteiger partial charge in [0.05, 0.1) is 0 Å². The molecule has 0 radical (unpaired) electrons. The summed E-state index contributed by atoms with van der Waals surface area (Å²) in [5, 5.41) is 4.29. The van der Waals surface area contributed by atoms with Gasteiger partial charge in [0.25, 0.3) is 5.91 Å². The molecule has 2 aromatic rings. The predicted octanol–water partition coefficient (Wildman–Crippen LogP) is 4.05. The fourth-order valence-corrected chi connectivity index (χ4v) is 3.44. The molecule has 1 aliphatic rings. The molecule has 1 aliphatic heterocycles. The van der Waals surface area contributed by atoms with Crippen LogP contribution in [0.2, 0.25) is 0 Å². The molecule has 0 bridgehead atoms. The molecule has 5 heteroatoms. The van der Waals surface area contributed by atoms with Gasteiger partial charge in [-0.3, -0.25) is 4.79 Å². The number of hydrogen-bond acceptors (Lipinski definition) is 2. The molecule has 1 fully saturated rings. The van der Waals surface area contributed by atoms with Crippen molar-refractivity contribution in [3.8, 4) is 5.69 Å². The summed E-state index contributed by atoms with van der Waals surface area (Å²) < 4.78 is 15.3. The standard InChI is InChI=1S/C19H24FN3O/c1-2-6-15-7-5-12-22(13-10-15)19(24)17-11-14-23(21-17)18-9-4-3-8-16(18)20/h3-4,8-9,11,14-15H,2,5-7,10,12-13H2,1H3. The summed E-state index contributed by atoms with van der Waals surface area (Å²) in [6, 6.07) is 8.10. The molecule has 128 valence electrons. The number of benzene rings is 1. The maximum atomic E-state index is 13.9. The number of carbonyl (C=O) groups excluding carboxylic acids is 1. The Kier molecular flexibility index (Phi) is 5.28. The number of para-hydroxylation sites is 1. The summed E-state index contributed by atoms with van der Waals surface area (Å²) in [5.41, 5.74) is 0.739. The van der Waals surface area contributed by atoms with Crippen molar-refractivity contribution in [2.75, 3.05) is 13.1 Å². The molecule has 0 spiro atoms. The molecule has 2 heterocycles. The fraction of sp³-hybridized carbons (Fsp3) is 0.474. The van der Waals surface area contributed by atoms with Gasteiger partial charge in [0.2, 0.25) is 0 Å². The number of halogens is 1. The van der Waals surface area contributed by atoms with Crippen molar-refractivity contribution in [3.05, 3.63) is 48.0 Å². The number of carbonyl (C=O) groups is 1. The SMILES string of the molecule is CCCC1CCCN(C(=O)c2ccn(-c3ccccc3F)n2)CC1. The molecule has 0 N–H and O–H groups in total. The third-order valence-electron chi connectivity index (χ3n) is 4.74. The van der Waals surface area contributed by atoms with Crippen molar-refractivity contribution in [1.82, 2.24) is 14.7 Å². The fourth-order valence-electron chi connectivity index (χ4n) is 3.44. The predicted molar refractivity (Wildman–Crippen MR) is 91.7 cm³/mol. The number of likely N-dealkylation sites (tertiary alicyclic amines) is 1. The average molecular weight is 329 g/mol. The molecule has 0 aliphatic carbocycles. The molecule has 1 unspecified atom stereocenters. The van der Waals surface area contributed by atoms with Crippen LogP contribution in [0.1, 0.15) is 49.5 Å². The highest BCUT2D eigenvalue weighted by Gasteiger charge is 2.23. The lowest BCUT2D eigenvalue weighted by molar-refractivity contribution is 0.0753. The van der Waals surface area contributed by atoms with Crippen LogP contribution in [0.15, 0.2) is 36.5 Å². The van der Waals surface area contributed by atoms with E-state index in [0.717, 1.165) is 31.8 Å². The van der Waals surface area contributed by atoms with E-state index in [-0.39, 0.29) is 11.7 Å². The Bertz CT molecular complexity index is 697. The van der Waals surface area contributed by atoms with Gasteiger partial charge in [-0.2, -0.15) is 5.10 Å². The van der Waals surface area contributed by atoms with Crippen LogP contribution < -0.4 is 0 Å². The normalized spacial score (nSPS) is 18.4. The van der Waals surface area contributed by atoms with E-state index in [9.17, 15) is 9.18 Å². The minimum absolute atomic E-state index is 0.0535. The van der Waals surface area contributed by atoms with Gasteiger partial charge in [-0.15, -0.1) is 0 Å². The molecular weight excluding hydrogens is 305 g/mol. The summed E-state index contributed by atoms with van der Waals surface area (Å²) >= 11 is 0. The van der Waals surface area contributed by atoms with E-state index < -0.39 is 0 Å². The molecule has 3 rings (SSSR count). The van der Waals surface area contributed by atoms with Crippen LogP contribution in [0.5, 0.6) is 0 Å². The first-order valence-corrected chi connectivity index (χ1v) is 8.79. The maximum absolute atomic E-state index is 13.9. The summed E-state index contributed by atoms with van der Waals surface area (Å²) in [6.45, 7) is 3.78. The zero-order valence-corrected chi connectivity index (χ0v) is 14.1. The first kappa shape index (κ1) is 16.7. The molecule has 24 heavy (non-hydrogen) atoms. The molecule has 1 aromatic carbocycles. The number of amides is 1. The number of nitrogens with zero attached hydrogens (tertiary/aromatic N) is 3. The maximum Gasteiger partial charge on any atom is 0.274 e. The molecular formula is C19H24FN3O. The monoisotopic (exact) mass is 329 g/mol. The Balaban J connectivity index is 1.71. The van der Waals surface area contributed by atoms with E-state index in [1.54, 1.807) is 30.5 Å². The van der Waals surface area contributed by atoms with E-state index in [2.05, 4.69) is 12.0 Å². The third-order valence-corrected chi connectivity index (χ3v) is 4.74. The summed E-state index contributed by atoms with van der Waals surface area (Å²) in [7, 11) is 0. The average Bonchev–Trinajstić information content (AvgIpc) is 2.95. The van der Waals surface area contributed by atoms with Crippen molar-refractivity contribution >= 4 is 5.91 Å². The van der Waals surface area contributed by atoms with Crippen LogP contribution in [-0.2, 0) is 0 Å². The van der Waals surface area contributed by atoms with Gasteiger partial charge in [-0.05, 0) is 43.4 Å². The quantitative estimate of drug-likeness (QED) is 0.848. The van der Waals surface area contributed by atoms with Gasteiger partial charge in [0.15, 0.2) is 5.69 Å². The summed E-state index contributed by atoms with van der Waals surface area (Å²) in [6.07, 6.45) is 7.39. The van der Waals surface area contributed by atoms with Gasteiger partial charge >= 0.3 is 0 Å². The molecule has 1 aromatic heterocycles. The van der Waals surface area contributed by atoms with Crippen LogP contribution in [0.4, 0.5) is 4.39 Å². The lowest BCUT2D eigenvalue weighted by Gasteiger charge is -2.19. The number of hydrogen-bond donors (Lipinski definition) is 0. The van der Waals surface area contributed by atoms with Gasteiger partial charge in [-0.25, -0.2) is 9.07 Å². The highest BCUT2D eigenvalue weighted by Crippen LogP contribution is 2.23. The van der Waals surface area contributed by atoms with E-state index >= 15 is 0 Å². The Morgan fingerprint density at radius 1 is 1.25 bits per heavy atom. The first-order chi connectivity index (χ1) is 11.7. The minimum Gasteiger partial charge on any atom is -0.337 e. The number of rotatable bonds is 4. The summed E-state index contributed by atoms with van der Waals surface area (Å²) in [4.78, 5) is 14.6. The lowest BCUT2D eigenvalue weighted by atomic mass is 9.96. The highest BCUT2D eigenvalue weighted by atomic mass is 19.1. The van der Waals surface area contributed by atoms with Crippen LogP contribution in [0.3, 0.4) is 0 Å². The molecule has 1 amide bonds. The zero-order valence-electron chi connectivity index (χ0n) is 14.1. The lowest BCUT2D eigenvalue weighted by Crippen LogP contribution is -2.32. The van der Waals surface area contributed by atoms with Crippen LogP contribution >= 0.6 is 0 Å². The van der Waals surface area contributed by atoms with Crippen LogP contribution in [-0.4, -0.2) is 33.7 Å². The Labute approximate surface area is 142 Å². The third kappa shape index (κ3) is 3.66. The van der Waals surface area contributed by atoms with Gasteiger partial charge in [0.1, 0.15) is 11.5 Å². The first-order valence-electron chi connectivity index (χ1n) is 8.79. The van der Waals surface area contributed by atoms with Crippen molar-refractivity contribution in [1.29, 1.82) is 0 Å². The van der Waals surface area contributed by atoms with Crippen LogP contribution in [0.25, 0.3) is 5.69 Å². The van der Waals surface area contributed by atoms with Crippen molar-refractivity contribution < 1.29 is 9.18 Å². The van der Waals surface area contributed by atoms with Crippen molar-refractivity contribution in [2.24, 2.45) is 5.92 Å². The molecule has 1 atom stereocenters. The second-order valence-electron chi connectivity index (χ2n) is 6.47.